The molecule has 0 aliphatic rings. The van der Waals surface area contributed by atoms with Gasteiger partial charge in [-0.15, -0.1) is 5.10 Å². The summed E-state index contributed by atoms with van der Waals surface area (Å²) < 4.78 is 5.03. The molecule has 1 atom stereocenters. The van der Waals surface area contributed by atoms with Gasteiger partial charge in [0.1, 0.15) is 5.75 Å². The molecule has 0 aliphatic heterocycles. The van der Waals surface area contributed by atoms with Gasteiger partial charge in [-0.25, -0.2) is 0 Å². The number of nitrogens with zero attached hydrogens (tertiary/aromatic N) is 2. The second-order valence-electron chi connectivity index (χ2n) is 4.09. The molecule has 1 amide bonds. The molecule has 0 saturated heterocycles. The molecule has 0 radical (unpaired) electrons. The third-order valence-corrected chi connectivity index (χ3v) is 2.48. The molecule has 100 valence electrons. The van der Waals surface area contributed by atoms with Gasteiger partial charge in [0.15, 0.2) is 0 Å². The first-order chi connectivity index (χ1) is 9.04. The molecule has 1 aromatic carbocycles. The monoisotopic (exact) mass is 262 g/mol. The molecule has 7 heteroatoms. The lowest BCUT2D eigenvalue weighted by Crippen LogP contribution is -2.37. The highest BCUT2D eigenvalue weighted by atomic mass is 16.4. The largest absolute Gasteiger partial charge is 0.508 e. The van der Waals surface area contributed by atoms with Crippen LogP contribution in [-0.4, -0.2) is 27.3 Å². The van der Waals surface area contributed by atoms with Crippen LogP contribution in [0, 0.1) is 6.92 Å². The number of carbonyl (C=O) groups is 1. The normalized spacial score (nSPS) is 12.1. The number of anilines is 1. The number of aromatic hydroxyl groups is 1. The van der Waals surface area contributed by atoms with Crippen molar-refractivity contribution in [2.45, 2.75) is 19.4 Å². The lowest BCUT2D eigenvalue weighted by molar-refractivity contribution is -0.117. The summed E-state index contributed by atoms with van der Waals surface area (Å²) in [4.78, 5) is 11.8. The zero-order valence-electron chi connectivity index (χ0n) is 10.3. The van der Waals surface area contributed by atoms with Crippen LogP contribution in [0.25, 0.3) is 0 Å². The van der Waals surface area contributed by atoms with E-state index in [9.17, 15) is 4.79 Å². The van der Waals surface area contributed by atoms with Crippen LogP contribution in [-0.2, 0) is 11.2 Å². The van der Waals surface area contributed by atoms with Crippen molar-refractivity contribution in [3.8, 4) is 5.75 Å². The van der Waals surface area contributed by atoms with Gasteiger partial charge < -0.3 is 15.3 Å². The molecular formula is C12H14N4O3. The number of nitrogens with two attached hydrogens (primary N) is 1. The number of amides is 1. The zero-order valence-corrected chi connectivity index (χ0v) is 10.3. The number of hydrogen-bond donors (Lipinski definition) is 3. The summed E-state index contributed by atoms with van der Waals surface area (Å²) in [6.07, 6.45) is 0.346. The third-order valence-electron chi connectivity index (χ3n) is 2.48. The molecule has 0 unspecified atom stereocenters. The number of phenols is 1. The van der Waals surface area contributed by atoms with E-state index in [-0.39, 0.29) is 11.8 Å². The Bertz CT molecular complexity index is 565. The third kappa shape index (κ3) is 3.52. The van der Waals surface area contributed by atoms with E-state index in [0.29, 0.717) is 12.3 Å². The fourth-order valence-electron chi connectivity index (χ4n) is 1.52. The Hall–Kier alpha value is -2.41. The van der Waals surface area contributed by atoms with Crippen LogP contribution < -0.4 is 11.1 Å². The van der Waals surface area contributed by atoms with Gasteiger partial charge in [0.2, 0.25) is 11.8 Å². The van der Waals surface area contributed by atoms with Crippen LogP contribution in [0.3, 0.4) is 0 Å². The minimum Gasteiger partial charge on any atom is -0.508 e. The average Bonchev–Trinajstić information content (AvgIpc) is 2.77. The van der Waals surface area contributed by atoms with Crippen molar-refractivity contribution < 1.29 is 14.3 Å². The summed E-state index contributed by atoms with van der Waals surface area (Å²) in [5.41, 5.74) is 6.63. The summed E-state index contributed by atoms with van der Waals surface area (Å²) in [5.74, 6) is 0.127. The van der Waals surface area contributed by atoms with E-state index in [4.69, 9.17) is 15.3 Å². The first-order valence-corrected chi connectivity index (χ1v) is 5.69. The summed E-state index contributed by atoms with van der Waals surface area (Å²) in [7, 11) is 0. The highest BCUT2D eigenvalue weighted by Gasteiger charge is 2.16. The Morgan fingerprint density at radius 3 is 2.68 bits per heavy atom. The predicted molar refractivity (Wildman–Crippen MR) is 67.5 cm³/mol. The fourth-order valence-corrected chi connectivity index (χ4v) is 1.52. The summed E-state index contributed by atoms with van der Waals surface area (Å²) >= 11 is 0. The van der Waals surface area contributed by atoms with Crippen LogP contribution in [0.2, 0.25) is 0 Å². The number of rotatable bonds is 4. The second-order valence-corrected chi connectivity index (χ2v) is 4.09. The summed E-state index contributed by atoms with van der Waals surface area (Å²) in [5, 5.41) is 18.8. The number of phenolic OH excluding ortho intramolecular Hbond substituents is 1. The minimum atomic E-state index is -0.739. The molecule has 7 nitrogen and oxygen atoms in total. The summed E-state index contributed by atoms with van der Waals surface area (Å²) in [6.45, 7) is 1.62. The fraction of sp³-hybridized carbons (Fsp3) is 0.250. The van der Waals surface area contributed by atoms with Gasteiger partial charge in [0.25, 0.3) is 0 Å². The van der Waals surface area contributed by atoms with Gasteiger partial charge in [-0.05, 0) is 24.1 Å². The second kappa shape index (κ2) is 5.49. The molecule has 0 fully saturated rings. The van der Waals surface area contributed by atoms with E-state index in [1.165, 1.54) is 0 Å². The molecule has 0 saturated carbocycles. The van der Waals surface area contributed by atoms with Crippen LogP contribution in [0.15, 0.2) is 28.7 Å². The highest BCUT2D eigenvalue weighted by molar-refractivity contribution is 5.93. The van der Waals surface area contributed by atoms with E-state index in [0.717, 1.165) is 5.56 Å². The molecule has 2 rings (SSSR count). The molecule has 1 aromatic heterocycles. The van der Waals surface area contributed by atoms with Crippen molar-refractivity contribution in [3.63, 3.8) is 0 Å². The number of aryl methyl sites for hydroxylation is 1. The number of aromatic nitrogens is 2. The Morgan fingerprint density at radius 2 is 2.11 bits per heavy atom. The predicted octanol–water partition coefficient (Wildman–Crippen LogP) is 0.592. The molecule has 4 N–H and O–H groups in total. The van der Waals surface area contributed by atoms with E-state index in [1.54, 1.807) is 31.2 Å². The molecule has 2 aromatic rings. The Kier molecular flexibility index (Phi) is 3.76. The molecule has 0 spiro atoms. The number of benzene rings is 1. The van der Waals surface area contributed by atoms with Crippen molar-refractivity contribution in [2.75, 3.05) is 5.32 Å². The quantitative estimate of drug-likeness (QED) is 0.743. The van der Waals surface area contributed by atoms with E-state index >= 15 is 0 Å². The smallest absolute Gasteiger partial charge is 0.322 e. The van der Waals surface area contributed by atoms with Crippen molar-refractivity contribution in [1.29, 1.82) is 0 Å². The molecule has 1 heterocycles. The number of hydrogen-bond acceptors (Lipinski definition) is 6. The Labute approximate surface area is 109 Å². The Balaban J connectivity index is 1.94. The zero-order chi connectivity index (χ0) is 13.8. The first-order valence-electron chi connectivity index (χ1n) is 5.69. The minimum absolute atomic E-state index is 0.0312. The van der Waals surface area contributed by atoms with Crippen molar-refractivity contribution in [1.82, 2.24) is 10.2 Å². The molecule has 19 heavy (non-hydrogen) atoms. The van der Waals surface area contributed by atoms with Crippen LogP contribution in [0.4, 0.5) is 6.01 Å². The van der Waals surface area contributed by atoms with Gasteiger partial charge >= 0.3 is 6.01 Å². The van der Waals surface area contributed by atoms with Gasteiger partial charge in [0.05, 0.1) is 6.04 Å². The highest BCUT2D eigenvalue weighted by Crippen LogP contribution is 2.11. The van der Waals surface area contributed by atoms with Crippen molar-refractivity contribution in [3.05, 3.63) is 35.7 Å². The molecular weight excluding hydrogens is 248 g/mol. The van der Waals surface area contributed by atoms with Crippen molar-refractivity contribution in [2.24, 2.45) is 5.73 Å². The van der Waals surface area contributed by atoms with E-state index < -0.39 is 11.9 Å². The lowest BCUT2D eigenvalue weighted by atomic mass is 10.1. The topological polar surface area (TPSA) is 114 Å². The maximum Gasteiger partial charge on any atom is 0.322 e. The molecule has 0 aliphatic carbocycles. The van der Waals surface area contributed by atoms with Crippen LogP contribution >= 0.6 is 0 Å². The van der Waals surface area contributed by atoms with Crippen molar-refractivity contribution >= 4 is 11.9 Å². The Morgan fingerprint density at radius 1 is 1.42 bits per heavy atom. The van der Waals surface area contributed by atoms with E-state index in [1.807, 2.05) is 0 Å². The van der Waals surface area contributed by atoms with Gasteiger partial charge in [-0.2, -0.15) is 0 Å². The lowest BCUT2D eigenvalue weighted by Gasteiger charge is -2.10. The standard InChI is InChI=1S/C12H14N4O3/c1-7-15-16-12(19-7)14-11(18)10(13)6-8-2-4-9(17)5-3-8/h2-5,10,17H,6,13H2,1H3,(H,14,16,18)/t10-/m1/s1. The maximum absolute atomic E-state index is 11.8. The number of nitrogens with one attached hydrogen (secondary N) is 1. The van der Waals surface area contributed by atoms with Gasteiger partial charge in [0, 0.05) is 6.92 Å². The first kappa shape index (κ1) is 13.0. The van der Waals surface area contributed by atoms with Crippen LogP contribution in [0.1, 0.15) is 11.5 Å². The maximum atomic E-state index is 11.8. The van der Waals surface area contributed by atoms with E-state index in [2.05, 4.69) is 15.5 Å². The van der Waals surface area contributed by atoms with Crippen LogP contribution in [0.5, 0.6) is 5.75 Å². The van der Waals surface area contributed by atoms with Gasteiger partial charge in [-0.1, -0.05) is 17.2 Å². The summed E-state index contributed by atoms with van der Waals surface area (Å²) in [6, 6.07) is 5.79. The average molecular weight is 262 g/mol. The SMILES string of the molecule is Cc1nnc(NC(=O)[C@H](N)Cc2ccc(O)cc2)o1. The molecule has 0 bridgehead atoms. The van der Waals surface area contributed by atoms with Gasteiger partial charge in [-0.3, -0.25) is 10.1 Å². The number of carbonyl (C=O) groups excluding carboxylic acids is 1.